The molecule has 16 heavy (non-hydrogen) atoms. The first-order valence-electron chi connectivity index (χ1n) is 5.07. The molecule has 0 aliphatic heterocycles. The summed E-state index contributed by atoms with van der Waals surface area (Å²) in [6.07, 6.45) is 5.15. The van der Waals surface area contributed by atoms with Crippen molar-refractivity contribution in [3.63, 3.8) is 0 Å². The van der Waals surface area contributed by atoms with Crippen molar-refractivity contribution < 1.29 is 4.42 Å². The summed E-state index contributed by atoms with van der Waals surface area (Å²) in [6, 6.07) is 1.93. The lowest BCUT2D eigenvalue weighted by molar-refractivity contribution is 0.527. The van der Waals surface area contributed by atoms with E-state index in [0.717, 1.165) is 28.0 Å². The molecular formula is C11H13N3OS. The summed E-state index contributed by atoms with van der Waals surface area (Å²) in [5, 5.41) is 4.00. The number of anilines is 1. The van der Waals surface area contributed by atoms with Gasteiger partial charge in [0.05, 0.1) is 23.6 Å². The zero-order valence-corrected chi connectivity index (χ0v) is 10.0. The predicted molar refractivity (Wildman–Crippen MR) is 63.8 cm³/mol. The standard InChI is InChI=1S/C11H13N3OS/c1-3-13-10-6-12-7-11(14-10)16-9-4-5-15-8(9)2/h4-7H,3H2,1-2H3,(H,13,14). The summed E-state index contributed by atoms with van der Waals surface area (Å²) < 4.78 is 5.23. The van der Waals surface area contributed by atoms with Crippen molar-refractivity contribution >= 4 is 17.6 Å². The van der Waals surface area contributed by atoms with E-state index in [-0.39, 0.29) is 0 Å². The second kappa shape index (κ2) is 5.03. The second-order valence-corrected chi connectivity index (χ2v) is 4.28. The van der Waals surface area contributed by atoms with Gasteiger partial charge in [-0.1, -0.05) is 11.8 Å². The van der Waals surface area contributed by atoms with Gasteiger partial charge in [-0.25, -0.2) is 4.98 Å². The Labute approximate surface area is 98.5 Å². The van der Waals surface area contributed by atoms with Gasteiger partial charge in [0.25, 0.3) is 0 Å². The first-order chi connectivity index (χ1) is 7.79. The van der Waals surface area contributed by atoms with Gasteiger partial charge in [-0.05, 0) is 19.9 Å². The van der Waals surface area contributed by atoms with Crippen molar-refractivity contribution in [3.05, 3.63) is 30.5 Å². The molecule has 0 aliphatic carbocycles. The Kier molecular flexibility index (Phi) is 3.46. The van der Waals surface area contributed by atoms with Crippen LogP contribution in [0.15, 0.2) is 39.1 Å². The average Bonchev–Trinajstić information content (AvgIpc) is 2.66. The minimum Gasteiger partial charge on any atom is -0.468 e. The lowest BCUT2D eigenvalue weighted by Crippen LogP contribution is -2.00. The fourth-order valence-corrected chi connectivity index (χ4v) is 2.05. The Hall–Kier alpha value is -1.49. The van der Waals surface area contributed by atoms with E-state index in [4.69, 9.17) is 4.42 Å². The summed E-state index contributed by atoms with van der Waals surface area (Å²) in [5.74, 6) is 1.70. The highest BCUT2D eigenvalue weighted by Gasteiger charge is 2.05. The summed E-state index contributed by atoms with van der Waals surface area (Å²) in [5.41, 5.74) is 0. The molecule has 0 spiro atoms. The van der Waals surface area contributed by atoms with Gasteiger partial charge in [-0.3, -0.25) is 4.98 Å². The van der Waals surface area contributed by atoms with Crippen LogP contribution < -0.4 is 5.32 Å². The van der Waals surface area contributed by atoms with Crippen molar-refractivity contribution in [2.24, 2.45) is 0 Å². The number of hydrogen-bond donors (Lipinski definition) is 1. The zero-order chi connectivity index (χ0) is 11.4. The minimum atomic E-state index is 0.800. The molecule has 2 aromatic heterocycles. The van der Waals surface area contributed by atoms with Crippen LogP contribution in [-0.4, -0.2) is 16.5 Å². The Morgan fingerprint density at radius 2 is 2.31 bits per heavy atom. The van der Waals surface area contributed by atoms with Gasteiger partial charge in [-0.2, -0.15) is 0 Å². The van der Waals surface area contributed by atoms with Gasteiger partial charge in [-0.15, -0.1) is 0 Å². The van der Waals surface area contributed by atoms with Crippen LogP contribution in [0.4, 0.5) is 5.82 Å². The molecule has 0 unspecified atom stereocenters. The molecule has 0 fully saturated rings. The molecule has 0 atom stereocenters. The third-order valence-corrected chi connectivity index (χ3v) is 3.05. The van der Waals surface area contributed by atoms with Crippen LogP contribution in [0.3, 0.4) is 0 Å². The Morgan fingerprint density at radius 1 is 1.44 bits per heavy atom. The molecule has 1 N–H and O–H groups in total. The van der Waals surface area contributed by atoms with E-state index in [9.17, 15) is 0 Å². The van der Waals surface area contributed by atoms with Gasteiger partial charge >= 0.3 is 0 Å². The van der Waals surface area contributed by atoms with E-state index in [1.807, 2.05) is 19.9 Å². The lowest BCUT2D eigenvalue weighted by Gasteiger charge is -2.03. The third-order valence-electron chi connectivity index (χ3n) is 2.00. The first-order valence-corrected chi connectivity index (χ1v) is 5.89. The van der Waals surface area contributed by atoms with Gasteiger partial charge in [0.1, 0.15) is 16.6 Å². The molecule has 0 bridgehead atoms. The smallest absolute Gasteiger partial charge is 0.145 e. The molecule has 0 amide bonds. The molecule has 2 heterocycles. The molecule has 0 saturated heterocycles. The largest absolute Gasteiger partial charge is 0.468 e. The highest BCUT2D eigenvalue weighted by Crippen LogP contribution is 2.29. The molecule has 0 aromatic carbocycles. The number of nitrogens with one attached hydrogen (secondary N) is 1. The predicted octanol–water partition coefficient (Wildman–Crippen LogP) is 2.96. The van der Waals surface area contributed by atoms with Crippen molar-refractivity contribution in [2.75, 3.05) is 11.9 Å². The molecule has 2 rings (SSSR count). The molecule has 0 saturated carbocycles. The van der Waals surface area contributed by atoms with E-state index >= 15 is 0 Å². The lowest BCUT2D eigenvalue weighted by atomic mass is 10.5. The van der Waals surface area contributed by atoms with Crippen LogP contribution in [0.2, 0.25) is 0 Å². The average molecular weight is 235 g/mol. The molecule has 0 radical (unpaired) electrons. The molecule has 4 nitrogen and oxygen atoms in total. The highest BCUT2D eigenvalue weighted by atomic mass is 32.2. The summed E-state index contributed by atoms with van der Waals surface area (Å²) in [7, 11) is 0. The SMILES string of the molecule is CCNc1cncc(Sc2ccoc2C)n1. The molecule has 5 heteroatoms. The molecule has 2 aromatic rings. The number of aromatic nitrogens is 2. The van der Waals surface area contributed by atoms with Crippen molar-refractivity contribution in [1.82, 2.24) is 9.97 Å². The van der Waals surface area contributed by atoms with Crippen LogP contribution in [0.1, 0.15) is 12.7 Å². The van der Waals surface area contributed by atoms with E-state index in [1.54, 1.807) is 30.4 Å². The number of furan rings is 1. The molecule has 84 valence electrons. The minimum absolute atomic E-state index is 0.800. The Bertz CT molecular complexity index is 470. The van der Waals surface area contributed by atoms with Crippen LogP contribution in [0, 0.1) is 6.92 Å². The fraction of sp³-hybridized carbons (Fsp3) is 0.273. The third kappa shape index (κ3) is 2.55. The first kappa shape index (κ1) is 11.0. The van der Waals surface area contributed by atoms with Crippen LogP contribution >= 0.6 is 11.8 Å². The van der Waals surface area contributed by atoms with Gasteiger partial charge in [0.15, 0.2) is 0 Å². The second-order valence-electron chi connectivity index (χ2n) is 3.22. The number of hydrogen-bond acceptors (Lipinski definition) is 5. The molecule has 0 aliphatic rings. The van der Waals surface area contributed by atoms with Crippen LogP contribution in [-0.2, 0) is 0 Å². The number of nitrogens with zero attached hydrogens (tertiary/aromatic N) is 2. The van der Waals surface area contributed by atoms with E-state index < -0.39 is 0 Å². The Balaban J connectivity index is 2.15. The summed E-state index contributed by atoms with van der Waals surface area (Å²) in [6.45, 7) is 4.80. The zero-order valence-electron chi connectivity index (χ0n) is 9.23. The maximum atomic E-state index is 5.23. The van der Waals surface area contributed by atoms with Gasteiger partial charge in [0, 0.05) is 6.54 Å². The Morgan fingerprint density at radius 3 is 3.00 bits per heavy atom. The van der Waals surface area contributed by atoms with Crippen molar-refractivity contribution in [3.8, 4) is 0 Å². The van der Waals surface area contributed by atoms with Crippen molar-refractivity contribution in [1.29, 1.82) is 0 Å². The van der Waals surface area contributed by atoms with E-state index in [2.05, 4.69) is 15.3 Å². The monoisotopic (exact) mass is 235 g/mol. The van der Waals surface area contributed by atoms with E-state index in [0.29, 0.717) is 0 Å². The highest BCUT2D eigenvalue weighted by molar-refractivity contribution is 7.99. The quantitative estimate of drug-likeness (QED) is 0.883. The maximum absolute atomic E-state index is 5.23. The van der Waals surface area contributed by atoms with Gasteiger partial charge < -0.3 is 9.73 Å². The van der Waals surface area contributed by atoms with Gasteiger partial charge in [0.2, 0.25) is 0 Å². The normalized spacial score (nSPS) is 10.4. The summed E-state index contributed by atoms with van der Waals surface area (Å²) in [4.78, 5) is 9.64. The topological polar surface area (TPSA) is 51.0 Å². The maximum Gasteiger partial charge on any atom is 0.145 e. The van der Waals surface area contributed by atoms with Crippen LogP contribution in [0.25, 0.3) is 0 Å². The van der Waals surface area contributed by atoms with Crippen LogP contribution in [0.5, 0.6) is 0 Å². The summed E-state index contributed by atoms with van der Waals surface area (Å²) >= 11 is 1.55. The fourth-order valence-electron chi connectivity index (χ4n) is 1.26. The molecular weight excluding hydrogens is 222 g/mol. The number of aryl methyl sites for hydroxylation is 1. The van der Waals surface area contributed by atoms with E-state index in [1.165, 1.54) is 0 Å². The number of rotatable bonds is 4. The van der Waals surface area contributed by atoms with Crippen molar-refractivity contribution in [2.45, 2.75) is 23.8 Å².